The molecule has 2 aliphatic heterocycles. The molecule has 2 fully saturated rings. The average Bonchev–Trinajstić information content (AvgIpc) is 2.62. The molecular formula is C20H31FN2S. The highest BCUT2D eigenvalue weighted by Gasteiger charge is 2.24. The topological polar surface area (TPSA) is 6.48 Å². The number of likely N-dealkylation sites (tertiary alicyclic amines) is 1. The minimum absolute atomic E-state index is 0.0547. The van der Waals surface area contributed by atoms with Crippen molar-refractivity contribution in [2.45, 2.75) is 38.1 Å². The van der Waals surface area contributed by atoms with E-state index in [1.807, 2.05) is 12.1 Å². The van der Waals surface area contributed by atoms with Crippen LogP contribution in [0.3, 0.4) is 0 Å². The molecule has 0 spiro atoms. The molecule has 0 N–H and O–H groups in total. The maximum Gasteiger partial charge on any atom is 0.126 e. The van der Waals surface area contributed by atoms with Gasteiger partial charge in [0.1, 0.15) is 5.82 Å². The molecule has 0 bridgehead atoms. The fourth-order valence-electron chi connectivity index (χ4n) is 4.17. The van der Waals surface area contributed by atoms with Gasteiger partial charge >= 0.3 is 0 Å². The van der Waals surface area contributed by atoms with Crippen LogP contribution in [0.5, 0.6) is 0 Å². The van der Waals surface area contributed by atoms with E-state index in [0.29, 0.717) is 0 Å². The van der Waals surface area contributed by atoms with E-state index < -0.39 is 0 Å². The smallest absolute Gasteiger partial charge is 0.126 e. The second kappa shape index (κ2) is 9.21. The number of thioether (sulfide) groups is 1. The predicted molar refractivity (Wildman–Crippen MR) is 102 cm³/mol. The molecule has 0 saturated carbocycles. The summed E-state index contributed by atoms with van der Waals surface area (Å²) in [5.41, 5.74) is 0.858. The molecule has 2 saturated heterocycles. The molecule has 1 atom stereocenters. The van der Waals surface area contributed by atoms with Crippen molar-refractivity contribution in [3.8, 4) is 0 Å². The van der Waals surface area contributed by atoms with E-state index in [0.717, 1.165) is 30.5 Å². The lowest BCUT2D eigenvalue weighted by Gasteiger charge is -2.38. The van der Waals surface area contributed by atoms with Crippen LogP contribution in [0, 0.1) is 11.7 Å². The van der Waals surface area contributed by atoms with Crippen molar-refractivity contribution in [2.75, 3.05) is 44.7 Å². The maximum atomic E-state index is 13.8. The van der Waals surface area contributed by atoms with Crippen LogP contribution in [0.4, 0.5) is 4.39 Å². The second-order valence-corrected chi connectivity index (χ2v) is 8.66. The largest absolute Gasteiger partial charge is 0.303 e. The van der Waals surface area contributed by atoms with Crippen LogP contribution in [0.2, 0.25) is 0 Å². The van der Waals surface area contributed by atoms with Gasteiger partial charge in [0.05, 0.1) is 0 Å². The number of benzene rings is 1. The van der Waals surface area contributed by atoms with E-state index in [4.69, 9.17) is 0 Å². The molecule has 0 unspecified atom stereocenters. The molecule has 2 heterocycles. The Labute approximate surface area is 150 Å². The molecule has 134 valence electrons. The summed E-state index contributed by atoms with van der Waals surface area (Å²) >= 11 is 2.10. The lowest BCUT2D eigenvalue weighted by Crippen LogP contribution is -2.44. The molecule has 0 aliphatic carbocycles. The summed E-state index contributed by atoms with van der Waals surface area (Å²) in [6.45, 7) is 4.57. The molecule has 0 amide bonds. The van der Waals surface area contributed by atoms with Gasteiger partial charge in [-0.25, -0.2) is 4.39 Å². The van der Waals surface area contributed by atoms with E-state index in [-0.39, 0.29) is 5.82 Å². The zero-order valence-electron chi connectivity index (χ0n) is 14.9. The highest BCUT2D eigenvalue weighted by atomic mass is 32.2. The Kier molecular flexibility index (Phi) is 6.99. The summed E-state index contributed by atoms with van der Waals surface area (Å²) in [7, 11) is 2.32. The summed E-state index contributed by atoms with van der Waals surface area (Å²) in [5, 5.41) is 0. The third kappa shape index (κ3) is 5.21. The van der Waals surface area contributed by atoms with E-state index in [1.165, 1.54) is 56.8 Å². The van der Waals surface area contributed by atoms with Gasteiger partial charge in [0.2, 0.25) is 0 Å². The van der Waals surface area contributed by atoms with Gasteiger partial charge in [-0.2, -0.15) is 11.8 Å². The Hall–Kier alpha value is -0.580. The van der Waals surface area contributed by atoms with Crippen molar-refractivity contribution >= 4 is 11.8 Å². The minimum Gasteiger partial charge on any atom is -0.303 e. The van der Waals surface area contributed by atoms with E-state index in [2.05, 4.69) is 28.6 Å². The van der Waals surface area contributed by atoms with Crippen molar-refractivity contribution in [3.63, 3.8) is 0 Å². The van der Waals surface area contributed by atoms with Crippen LogP contribution >= 0.6 is 11.8 Å². The molecule has 1 aromatic rings. The summed E-state index contributed by atoms with van der Waals surface area (Å²) in [5.74, 6) is 3.38. The van der Waals surface area contributed by atoms with E-state index in [1.54, 1.807) is 12.1 Å². The van der Waals surface area contributed by atoms with Crippen LogP contribution < -0.4 is 0 Å². The first-order chi connectivity index (χ1) is 11.7. The zero-order valence-corrected chi connectivity index (χ0v) is 15.7. The van der Waals surface area contributed by atoms with Crippen molar-refractivity contribution in [3.05, 3.63) is 35.6 Å². The second-order valence-electron chi connectivity index (χ2n) is 7.43. The molecule has 1 aromatic carbocycles. The first kappa shape index (κ1) is 18.2. The van der Waals surface area contributed by atoms with Crippen molar-refractivity contribution in [2.24, 2.45) is 5.92 Å². The number of hydrogen-bond acceptors (Lipinski definition) is 3. The number of nitrogens with zero attached hydrogens (tertiary/aromatic N) is 2. The Bertz CT molecular complexity index is 504. The van der Waals surface area contributed by atoms with Gasteiger partial charge in [-0.05, 0) is 74.7 Å². The summed E-state index contributed by atoms with van der Waals surface area (Å²) < 4.78 is 13.8. The Morgan fingerprint density at radius 1 is 1.21 bits per heavy atom. The third-order valence-electron chi connectivity index (χ3n) is 5.62. The SMILES string of the molecule is CN(C[C@H]1CCCN(CCc2ccccc2F)C1)C1CCSCC1. The van der Waals surface area contributed by atoms with Crippen LogP contribution in [0.15, 0.2) is 24.3 Å². The highest BCUT2D eigenvalue weighted by Crippen LogP contribution is 2.24. The van der Waals surface area contributed by atoms with Gasteiger partial charge < -0.3 is 9.80 Å². The molecule has 24 heavy (non-hydrogen) atoms. The zero-order chi connectivity index (χ0) is 16.8. The van der Waals surface area contributed by atoms with Crippen molar-refractivity contribution in [1.29, 1.82) is 0 Å². The van der Waals surface area contributed by atoms with Crippen molar-refractivity contribution in [1.82, 2.24) is 9.80 Å². The first-order valence-electron chi connectivity index (χ1n) is 9.46. The molecule has 2 nitrogen and oxygen atoms in total. The van der Waals surface area contributed by atoms with Crippen molar-refractivity contribution < 1.29 is 4.39 Å². The number of hydrogen-bond donors (Lipinski definition) is 0. The third-order valence-corrected chi connectivity index (χ3v) is 6.67. The quantitative estimate of drug-likeness (QED) is 0.768. The fraction of sp³-hybridized carbons (Fsp3) is 0.700. The highest BCUT2D eigenvalue weighted by molar-refractivity contribution is 7.99. The summed E-state index contributed by atoms with van der Waals surface area (Å²) in [4.78, 5) is 5.16. The van der Waals surface area contributed by atoms with Gasteiger partial charge in [0.15, 0.2) is 0 Å². The van der Waals surface area contributed by atoms with Gasteiger partial charge in [-0.3, -0.25) is 0 Å². The van der Waals surface area contributed by atoms with Gasteiger partial charge in [0, 0.05) is 25.7 Å². The first-order valence-corrected chi connectivity index (χ1v) is 10.6. The predicted octanol–water partition coefficient (Wildman–Crippen LogP) is 3.91. The molecule has 0 aromatic heterocycles. The van der Waals surface area contributed by atoms with Crippen LogP contribution in [-0.4, -0.2) is 60.6 Å². The molecule has 0 radical (unpaired) electrons. The Balaban J connectivity index is 1.44. The molecule has 4 heteroatoms. The maximum absolute atomic E-state index is 13.8. The van der Waals surface area contributed by atoms with E-state index in [9.17, 15) is 4.39 Å². The van der Waals surface area contributed by atoms with E-state index >= 15 is 0 Å². The molecule has 3 rings (SSSR count). The minimum atomic E-state index is -0.0547. The number of piperidine rings is 1. The lowest BCUT2D eigenvalue weighted by atomic mass is 9.96. The summed E-state index contributed by atoms with van der Waals surface area (Å²) in [6, 6.07) is 8.00. The average molecular weight is 351 g/mol. The standard InChI is InChI=1S/C20H31FN2S/c1-22(19-9-13-24-14-10-19)15-17-5-4-11-23(16-17)12-8-18-6-2-3-7-20(18)21/h2-3,6-7,17,19H,4-5,8-16H2,1H3/t17-/m1/s1. The fourth-order valence-corrected chi connectivity index (χ4v) is 5.25. The van der Waals surface area contributed by atoms with Gasteiger partial charge in [-0.1, -0.05) is 18.2 Å². The van der Waals surface area contributed by atoms with Gasteiger partial charge in [0.25, 0.3) is 0 Å². The number of rotatable bonds is 6. The molecular weight excluding hydrogens is 319 g/mol. The number of halogens is 1. The van der Waals surface area contributed by atoms with Crippen LogP contribution in [-0.2, 0) is 6.42 Å². The lowest BCUT2D eigenvalue weighted by molar-refractivity contribution is 0.122. The Morgan fingerprint density at radius 3 is 2.79 bits per heavy atom. The van der Waals surface area contributed by atoms with Gasteiger partial charge in [-0.15, -0.1) is 0 Å². The molecule has 2 aliphatic rings. The normalized spacial score (nSPS) is 23.7. The van der Waals surface area contributed by atoms with Crippen LogP contribution in [0.1, 0.15) is 31.2 Å². The Morgan fingerprint density at radius 2 is 2.00 bits per heavy atom. The van der Waals surface area contributed by atoms with Crippen LogP contribution in [0.25, 0.3) is 0 Å². The monoisotopic (exact) mass is 350 g/mol. The summed E-state index contributed by atoms with van der Waals surface area (Å²) in [6.07, 6.45) is 6.17.